The number of methoxy groups -OCH3 is 1. The second-order valence-electron chi connectivity index (χ2n) is 5.70. The predicted molar refractivity (Wildman–Crippen MR) is 93.6 cm³/mol. The zero-order valence-electron chi connectivity index (χ0n) is 14.2. The highest BCUT2D eigenvalue weighted by atomic mass is 16.5. The Morgan fingerprint density at radius 2 is 1.75 bits per heavy atom. The number of benzene rings is 2. The molecule has 0 saturated heterocycles. The lowest BCUT2D eigenvalue weighted by Crippen LogP contribution is -2.34. The average Bonchev–Trinajstić information content (AvgIpc) is 2.62. The molecule has 0 heterocycles. The lowest BCUT2D eigenvalue weighted by Gasteiger charge is -2.25. The number of carbonyl (C=O) groups is 2. The van der Waals surface area contributed by atoms with Crippen LogP contribution in [0.4, 0.5) is 0 Å². The van der Waals surface area contributed by atoms with Crippen molar-refractivity contribution in [3.8, 4) is 5.75 Å². The van der Waals surface area contributed by atoms with E-state index in [1.165, 1.54) is 0 Å². The number of amides is 1. The summed E-state index contributed by atoms with van der Waals surface area (Å²) in [4.78, 5) is 25.0. The SMILES string of the molecule is COc1ccc(C(CNC(=O)c2ccc(C=O)cc2)N(C)C)cc1. The molecule has 5 heteroatoms. The lowest BCUT2D eigenvalue weighted by atomic mass is 10.1. The van der Waals surface area contributed by atoms with Crippen LogP contribution < -0.4 is 10.1 Å². The Kier molecular flexibility index (Phi) is 6.09. The minimum Gasteiger partial charge on any atom is -0.497 e. The van der Waals surface area contributed by atoms with Crippen LogP contribution in [0.2, 0.25) is 0 Å². The summed E-state index contributed by atoms with van der Waals surface area (Å²) in [6, 6.07) is 14.4. The van der Waals surface area contributed by atoms with Gasteiger partial charge in [-0.15, -0.1) is 0 Å². The third-order valence-electron chi connectivity index (χ3n) is 3.89. The summed E-state index contributed by atoms with van der Waals surface area (Å²) in [5, 5.41) is 2.94. The molecular weight excluding hydrogens is 304 g/mol. The Balaban J connectivity index is 2.04. The van der Waals surface area contributed by atoms with E-state index in [0.29, 0.717) is 17.7 Å². The van der Waals surface area contributed by atoms with Gasteiger partial charge in [0.2, 0.25) is 0 Å². The monoisotopic (exact) mass is 326 g/mol. The van der Waals surface area contributed by atoms with Crippen LogP contribution in [-0.2, 0) is 0 Å². The maximum Gasteiger partial charge on any atom is 0.251 e. The molecule has 0 radical (unpaired) electrons. The van der Waals surface area contributed by atoms with Crippen LogP contribution in [0.3, 0.4) is 0 Å². The molecule has 0 bridgehead atoms. The smallest absolute Gasteiger partial charge is 0.251 e. The molecule has 2 aromatic carbocycles. The molecule has 24 heavy (non-hydrogen) atoms. The summed E-state index contributed by atoms with van der Waals surface area (Å²) in [6.45, 7) is 0.480. The molecular formula is C19H22N2O3. The first kappa shape index (κ1) is 17.7. The van der Waals surface area contributed by atoms with Crippen LogP contribution in [0.5, 0.6) is 5.75 Å². The summed E-state index contributed by atoms with van der Waals surface area (Å²) in [5.74, 6) is 0.642. The fourth-order valence-electron chi connectivity index (χ4n) is 2.43. The van der Waals surface area contributed by atoms with E-state index >= 15 is 0 Å². The Bertz CT molecular complexity index is 679. The van der Waals surface area contributed by atoms with E-state index < -0.39 is 0 Å². The minimum absolute atomic E-state index is 0.0501. The van der Waals surface area contributed by atoms with Gasteiger partial charge in [-0.3, -0.25) is 9.59 Å². The van der Waals surface area contributed by atoms with E-state index in [4.69, 9.17) is 4.74 Å². The van der Waals surface area contributed by atoms with E-state index in [1.54, 1.807) is 31.4 Å². The standard InChI is InChI=1S/C19H22N2O3/c1-21(2)18(15-8-10-17(24-3)11-9-15)12-20-19(23)16-6-4-14(13-22)5-7-16/h4-11,13,18H,12H2,1-3H3,(H,20,23). The third-order valence-corrected chi connectivity index (χ3v) is 3.89. The summed E-state index contributed by atoms with van der Waals surface area (Å²) >= 11 is 0. The highest BCUT2D eigenvalue weighted by Gasteiger charge is 2.16. The van der Waals surface area contributed by atoms with Gasteiger partial charge in [0.05, 0.1) is 13.2 Å². The van der Waals surface area contributed by atoms with E-state index in [9.17, 15) is 9.59 Å². The zero-order chi connectivity index (χ0) is 17.5. The molecule has 1 unspecified atom stereocenters. The maximum atomic E-state index is 12.3. The van der Waals surface area contributed by atoms with Crippen LogP contribution >= 0.6 is 0 Å². The highest BCUT2D eigenvalue weighted by molar-refractivity contribution is 5.94. The Morgan fingerprint density at radius 1 is 1.12 bits per heavy atom. The van der Waals surface area contributed by atoms with Crippen molar-refractivity contribution in [3.63, 3.8) is 0 Å². The summed E-state index contributed by atoms with van der Waals surface area (Å²) in [7, 11) is 5.58. The van der Waals surface area contributed by atoms with Gasteiger partial charge in [-0.2, -0.15) is 0 Å². The van der Waals surface area contributed by atoms with Crippen molar-refractivity contribution >= 4 is 12.2 Å². The molecule has 0 aromatic heterocycles. The Hall–Kier alpha value is -2.66. The van der Waals surface area contributed by atoms with Gasteiger partial charge in [-0.25, -0.2) is 0 Å². The molecule has 0 aliphatic heterocycles. The van der Waals surface area contributed by atoms with Crippen molar-refractivity contribution in [3.05, 3.63) is 65.2 Å². The van der Waals surface area contributed by atoms with E-state index in [2.05, 4.69) is 10.2 Å². The van der Waals surface area contributed by atoms with Gasteiger partial charge in [-0.05, 0) is 43.9 Å². The fourth-order valence-corrected chi connectivity index (χ4v) is 2.43. The normalized spacial score (nSPS) is 11.8. The van der Waals surface area contributed by atoms with Gasteiger partial charge in [0.1, 0.15) is 12.0 Å². The number of aldehydes is 1. The number of rotatable bonds is 7. The number of carbonyl (C=O) groups excluding carboxylic acids is 2. The summed E-state index contributed by atoms with van der Waals surface area (Å²) < 4.78 is 5.18. The molecule has 0 aliphatic rings. The number of nitrogens with zero attached hydrogens (tertiary/aromatic N) is 1. The maximum absolute atomic E-state index is 12.3. The molecule has 0 spiro atoms. The first-order valence-electron chi connectivity index (χ1n) is 7.69. The molecule has 0 aliphatic carbocycles. The van der Waals surface area contributed by atoms with Crippen LogP contribution in [0.25, 0.3) is 0 Å². The average molecular weight is 326 g/mol. The molecule has 2 rings (SSSR count). The largest absolute Gasteiger partial charge is 0.497 e. The molecule has 126 valence electrons. The zero-order valence-corrected chi connectivity index (χ0v) is 14.2. The lowest BCUT2D eigenvalue weighted by molar-refractivity contribution is 0.0941. The summed E-state index contributed by atoms with van der Waals surface area (Å²) in [6.07, 6.45) is 0.757. The van der Waals surface area contributed by atoms with Crippen molar-refractivity contribution in [2.75, 3.05) is 27.7 Å². The fraction of sp³-hybridized carbons (Fsp3) is 0.263. The van der Waals surface area contributed by atoms with Gasteiger partial charge < -0.3 is 15.0 Å². The molecule has 1 amide bonds. The number of hydrogen-bond acceptors (Lipinski definition) is 4. The first-order valence-corrected chi connectivity index (χ1v) is 7.69. The van der Waals surface area contributed by atoms with Gasteiger partial charge >= 0.3 is 0 Å². The van der Waals surface area contributed by atoms with Crippen LogP contribution in [0, 0.1) is 0 Å². The van der Waals surface area contributed by atoms with Crippen LogP contribution in [0.15, 0.2) is 48.5 Å². The second kappa shape index (κ2) is 8.26. The van der Waals surface area contributed by atoms with Crippen molar-refractivity contribution in [2.45, 2.75) is 6.04 Å². The van der Waals surface area contributed by atoms with Crippen molar-refractivity contribution in [2.24, 2.45) is 0 Å². The Labute approximate surface area is 142 Å². The third kappa shape index (κ3) is 4.43. The van der Waals surface area contributed by atoms with Crippen molar-refractivity contribution in [1.82, 2.24) is 10.2 Å². The number of ether oxygens (including phenoxy) is 1. The highest BCUT2D eigenvalue weighted by Crippen LogP contribution is 2.20. The quantitative estimate of drug-likeness (QED) is 0.795. The Morgan fingerprint density at radius 3 is 2.25 bits per heavy atom. The van der Waals surface area contributed by atoms with Crippen LogP contribution in [0.1, 0.15) is 32.3 Å². The molecule has 5 nitrogen and oxygen atoms in total. The van der Waals surface area contributed by atoms with Gasteiger partial charge in [0, 0.05) is 17.7 Å². The summed E-state index contributed by atoms with van der Waals surface area (Å²) in [5.41, 5.74) is 2.18. The van der Waals surface area contributed by atoms with Gasteiger partial charge in [-0.1, -0.05) is 24.3 Å². The van der Waals surface area contributed by atoms with E-state index in [0.717, 1.165) is 17.6 Å². The van der Waals surface area contributed by atoms with E-state index in [1.807, 2.05) is 38.4 Å². The number of nitrogens with one attached hydrogen (secondary N) is 1. The van der Waals surface area contributed by atoms with Crippen molar-refractivity contribution in [1.29, 1.82) is 0 Å². The molecule has 1 atom stereocenters. The van der Waals surface area contributed by atoms with Crippen molar-refractivity contribution < 1.29 is 14.3 Å². The van der Waals surface area contributed by atoms with Gasteiger partial charge in [0.15, 0.2) is 0 Å². The van der Waals surface area contributed by atoms with Crippen LogP contribution in [-0.4, -0.2) is 44.8 Å². The topological polar surface area (TPSA) is 58.6 Å². The molecule has 2 aromatic rings. The van der Waals surface area contributed by atoms with E-state index in [-0.39, 0.29) is 11.9 Å². The molecule has 0 saturated carbocycles. The van der Waals surface area contributed by atoms with Gasteiger partial charge in [0.25, 0.3) is 5.91 Å². The minimum atomic E-state index is -0.159. The number of likely N-dealkylation sites (N-methyl/N-ethyl adjacent to an activating group) is 1. The number of hydrogen-bond donors (Lipinski definition) is 1. The first-order chi connectivity index (χ1) is 11.5. The molecule has 1 N–H and O–H groups in total. The predicted octanol–water partition coefficient (Wildman–Crippen LogP) is 2.54. The second-order valence-corrected chi connectivity index (χ2v) is 5.70. The molecule has 0 fully saturated rings.